The molecule has 35 heavy (non-hydrogen) atoms. The van der Waals surface area contributed by atoms with Gasteiger partial charge in [-0.3, -0.25) is 4.79 Å². The maximum absolute atomic E-state index is 13.3. The molecule has 2 atom stereocenters. The topological polar surface area (TPSA) is 69.9 Å². The lowest BCUT2D eigenvalue weighted by atomic mass is 10.2. The first-order valence-corrected chi connectivity index (χ1v) is 12.7. The Labute approximate surface area is 206 Å². The van der Waals surface area contributed by atoms with Crippen molar-refractivity contribution in [2.45, 2.75) is 38.8 Å². The number of benzene rings is 1. The van der Waals surface area contributed by atoms with E-state index >= 15 is 0 Å². The fourth-order valence-corrected chi connectivity index (χ4v) is 6.08. The molecule has 0 N–H and O–H groups in total. The monoisotopic (exact) mass is 491 g/mol. The van der Waals surface area contributed by atoms with Gasteiger partial charge < -0.3 is 14.7 Å². The van der Waals surface area contributed by atoms with Gasteiger partial charge in [0.05, 0.1) is 23.5 Å². The molecular weight excluding hydrogens is 465 g/mol. The molecule has 2 saturated heterocycles. The number of hydrogen-bond donors (Lipinski definition) is 0. The zero-order valence-corrected chi connectivity index (χ0v) is 20.7. The predicted molar refractivity (Wildman–Crippen MR) is 135 cm³/mol. The highest BCUT2D eigenvalue weighted by Crippen LogP contribution is 2.36. The maximum atomic E-state index is 13.3. The number of aryl methyl sites for hydroxylation is 1. The van der Waals surface area contributed by atoms with Gasteiger partial charge in [-0.05, 0) is 49.2 Å². The predicted octanol–water partition coefficient (Wildman–Crippen LogP) is 4.13. The van der Waals surface area contributed by atoms with Gasteiger partial charge in [0, 0.05) is 38.0 Å². The molecule has 2 unspecified atom stereocenters. The van der Waals surface area contributed by atoms with Crippen molar-refractivity contribution in [1.29, 1.82) is 0 Å². The number of carbonyl (C=O) groups is 1. The Morgan fingerprint density at radius 1 is 1.14 bits per heavy atom. The summed E-state index contributed by atoms with van der Waals surface area (Å²) in [5.41, 5.74) is 3.42. The van der Waals surface area contributed by atoms with Crippen molar-refractivity contribution in [3.8, 4) is 11.3 Å². The summed E-state index contributed by atoms with van der Waals surface area (Å²) in [5, 5.41) is 7.80. The minimum atomic E-state index is -0.262. The van der Waals surface area contributed by atoms with E-state index in [1.165, 1.54) is 23.5 Å². The van der Waals surface area contributed by atoms with Crippen molar-refractivity contribution < 1.29 is 9.18 Å². The van der Waals surface area contributed by atoms with Crippen molar-refractivity contribution in [3.63, 3.8) is 0 Å². The number of aromatic nitrogens is 4. The van der Waals surface area contributed by atoms with Gasteiger partial charge in [0.2, 0.25) is 5.91 Å². The summed E-state index contributed by atoms with van der Waals surface area (Å²) in [7, 11) is 1.98. The Hall–Kier alpha value is -3.53. The van der Waals surface area contributed by atoms with Crippen molar-refractivity contribution in [2.24, 2.45) is 0 Å². The molecule has 180 valence electrons. The Balaban J connectivity index is 1.34. The van der Waals surface area contributed by atoms with Gasteiger partial charge in [-0.1, -0.05) is 6.92 Å². The quantitative estimate of drug-likeness (QED) is 0.418. The summed E-state index contributed by atoms with van der Waals surface area (Å²) in [6.07, 6.45) is 1.75. The minimum absolute atomic E-state index is 0.148. The van der Waals surface area contributed by atoms with Crippen LogP contribution in [0, 0.1) is 5.82 Å². The normalized spacial score (nSPS) is 19.2. The number of piperazine rings is 1. The van der Waals surface area contributed by atoms with Crippen LogP contribution in [-0.2, 0) is 11.2 Å². The molecular formula is C25H26FN7OS. The highest BCUT2D eigenvalue weighted by molar-refractivity contribution is 7.14. The zero-order chi connectivity index (χ0) is 24.3. The molecule has 0 aliphatic carbocycles. The lowest BCUT2D eigenvalue weighted by Crippen LogP contribution is -2.48. The number of thiazole rings is 1. The van der Waals surface area contributed by atoms with Crippen molar-refractivity contribution >= 4 is 39.7 Å². The summed E-state index contributed by atoms with van der Waals surface area (Å²) in [6, 6.07) is 11.0. The molecule has 4 aromatic rings. The molecule has 2 aliphatic rings. The highest BCUT2D eigenvalue weighted by Gasteiger charge is 2.45. The standard InChI is InChI=1S/C25H26FN7OS/c1-4-20-24(30(3)25-28-21(14-35-25)16-5-7-17(26)8-6-16)33-22(27-20)9-10-23(29-33)32-13-18-11-19(32)12-31(18)15(2)34/h5-10,14,18-19H,4,11-13H2,1-3H3. The van der Waals surface area contributed by atoms with Crippen LogP contribution in [0.15, 0.2) is 41.8 Å². The summed E-state index contributed by atoms with van der Waals surface area (Å²) in [6.45, 7) is 5.29. The van der Waals surface area contributed by atoms with Crippen LogP contribution in [0.1, 0.15) is 26.0 Å². The molecule has 5 heterocycles. The van der Waals surface area contributed by atoms with E-state index in [-0.39, 0.29) is 17.8 Å². The summed E-state index contributed by atoms with van der Waals surface area (Å²) < 4.78 is 15.2. The lowest BCUT2D eigenvalue weighted by Gasteiger charge is -2.34. The minimum Gasteiger partial charge on any atom is -0.348 e. The number of imidazole rings is 1. The van der Waals surface area contributed by atoms with E-state index in [0.717, 1.165) is 65.3 Å². The van der Waals surface area contributed by atoms with Gasteiger partial charge in [-0.2, -0.15) is 4.52 Å². The summed E-state index contributed by atoms with van der Waals surface area (Å²) >= 11 is 1.53. The first-order chi connectivity index (χ1) is 16.9. The smallest absolute Gasteiger partial charge is 0.219 e. The number of carbonyl (C=O) groups excluding carboxylic acids is 1. The van der Waals surface area contributed by atoms with Gasteiger partial charge in [0.15, 0.2) is 16.6 Å². The van der Waals surface area contributed by atoms with Crippen LogP contribution in [0.3, 0.4) is 0 Å². The summed E-state index contributed by atoms with van der Waals surface area (Å²) in [4.78, 5) is 27.9. The van der Waals surface area contributed by atoms with Gasteiger partial charge >= 0.3 is 0 Å². The fraction of sp³-hybridized carbons (Fsp3) is 0.360. The third kappa shape index (κ3) is 3.63. The number of hydrogen-bond acceptors (Lipinski definition) is 7. The Bertz CT molecular complexity index is 1420. The van der Waals surface area contributed by atoms with E-state index in [2.05, 4.69) is 11.8 Å². The van der Waals surface area contributed by atoms with Crippen molar-refractivity contribution in [2.75, 3.05) is 29.9 Å². The van der Waals surface area contributed by atoms with Crippen LogP contribution < -0.4 is 9.80 Å². The number of rotatable bonds is 5. The van der Waals surface area contributed by atoms with Gasteiger partial charge in [0.1, 0.15) is 11.6 Å². The number of amides is 1. The second-order valence-corrected chi connectivity index (χ2v) is 9.98. The first-order valence-electron chi connectivity index (χ1n) is 11.8. The molecule has 3 aromatic heterocycles. The largest absolute Gasteiger partial charge is 0.348 e. The average Bonchev–Trinajstić information content (AvgIpc) is 3.65. The van der Waals surface area contributed by atoms with E-state index in [9.17, 15) is 9.18 Å². The number of fused-ring (bicyclic) bond motifs is 3. The molecule has 2 aliphatic heterocycles. The van der Waals surface area contributed by atoms with E-state index in [1.54, 1.807) is 19.1 Å². The Kier molecular flexibility index (Phi) is 5.21. The zero-order valence-electron chi connectivity index (χ0n) is 19.8. The molecule has 1 aromatic carbocycles. The third-order valence-electron chi connectivity index (χ3n) is 7.02. The maximum Gasteiger partial charge on any atom is 0.219 e. The highest BCUT2D eigenvalue weighted by atomic mass is 32.1. The van der Waals surface area contributed by atoms with Gasteiger partial charge in [-0.25, -0.2) is 14.4 Å². The first kappa shape index (κ1) is 22.0. The number of anilines is 3. The van der Waals surface area contributed by atoms with E-state index < -0.39 is 0 Å². The molecule has 2 bridgehead atoms. The SMILES string of the molecule is CCc1nc2ccc(N3CC4CC3CN4C(C)=O)nn2c1N(C)c1nc(-c2ccc(F)cc2)cs1. The molecule has 8 nitrogen and oxygen atoms in total. The van der Waals surface area contributed by atoms with Crippen LogP contribution in [0.25, 0.3) is 16.9 Å². The summed E-state index contributed by atoms with van der Waals surface area (Å²) in [5.74, 6) is 1.67. The van der Waals surface area contributed by atoms with Gasteiger partial charge in [-0.15, -0.1) is 16.4 Å². The average molecular weight is 492 g/mol. The van der Waals surface area contributed by atoms with Crippen molar-refractivity contribution in [1.82, 2.24) is 24.5 Å². The van der Waals surface area contributed by atoms with E-state index in [4.69, 9.17) is 15.1 Å². The molecule has 0 radical (unpaired) electrons. The second-order valence-electron chi connectivity index (χ2n) is 9.15. The van der Waals surface area contributed by atoms with Crippen LogP contribution in [0.4, 0.5) is 21.2 Å². The van der Waals surface area contributed by atoms with E-state index in [1.807, 2.05) is 38.9 Å². The van der Waals surface area contributed by atoms with E-state index in [0.29, 0.717) is 6.04 Å². The Morgan fingerprint density at radius 2 is 1.94 bits per heavy atom. The lowest BCUT2D eigenvalue weighted by molar-refractivity contribution is -0.129. The molecule has 10 heteroatoms. The van der Waals surface area contributed by atoms with Crippen molar-refractivity contribution in [3.05, 3.63) is 53.3 Å². The third-order valence-corrected chi connectivity index (χ3v) is 7.94. The molecule has 1 amide bonds. The second kappa shape index (κ2) is 8.30. The molecule has 0 saturated carbocycles. The number of nitrogens with zero attached hydrogens (tertiary/aromatic N) is 7. The molecule has 0 spiro atoms. The number of likely N-dealkylation sites (tertiary alicyclic amines) is 1. The van der Waals surface area contributed by atoms with Crippen LogP contribution in [0.5, 0.6) is 0 Å². The van der Waals surface area contributed by atoms with Crippen LogP contribution >= 0.6 is 11.3 Å². The van der Waals surface area contributed by atoms with Gasteiger partial charge in [0.25, 0.3) is 0 Å². The molecule has 2 fully saturated rings. The Morgan fingerprint density at radius 3 is 2.63 bits per heavy atom. The molecule has 6 rings (SSSR count). The fourth-order valence-electron chi connectivity index (χ4n) is 5.28. The van der Waals surface area contributed by atoms with Crippen LogP contribution in [0.2, 0.25) is 0 Å². The number of halogens is 1. The van der Waals surface area contributed by atoms with Crippen LogP contribution in [-0.4, -0.2) is 62.6 Å².